The number of aliphatic carboxylic acids is 1. The number of carboxylic acid groups (broad SMARTS) is 1. The Bertz CT molecular complexity index is 695. The van der Waals surface area contributed by atoms with E-state index in [-0.39, 0.29) is 43.9 Å². The number of guanidine groups is 1. The number of alkyl carbamates (subject to hydrolysis) is 1. The minimum atomic E-state index is -1.09. The molecule has 0 aliphatic rings. The van der Waals surface area contributed by atoms with Crippen LogP contribution in [0.15, 0.2) is 30.3 Å². The van der Waals surface area contributed by atoms with Crippen molar-refractivity contribution in [1.82, 2.24) is 10.2 Å². The third-order valence-corrected chi connectivity index (χ3v) is 4.20. The number of rotatable bonds is 10. The highest BCUT2D eigenvalue weighted by Gasteiger charge is 2.24. The summed E-state index contributed by atoms with van der Waals surface area (Å²) in [6.45, 7) is 3.52. The first-order valence-electron chi connectivity index (χ1n) is 9.42. The fourth-order valence-corrected chi connectivity index (χ4v) is 2.46. The van der Waals surface area contributed by atoms with Gasteiger partial charge >= 0.3 is 18.0 Å². The lowest BCUT2D eigenvalue weighted by molar-refractivity contribution is -0.145. The summed E-state index contributed by atoms with van der Waals surface area (Å²) in [5.41, 5.74) is 1.05. The largest absolute Gasteiger partial charge is 0.480 e. The van der Waals surface area contributed by atoms with Crippen LogP contribution < -0.4 is 5.32 Å². The van der Waals surface area contributed by atoms with Crippen molar-refractivity contribution >= 4 is 24.0 Å². The Balaban J connectivity index is 2.26. The molecule has 0 bridgehead atoms. The molecule has 0 fully saturated rings. The summed E-state index contributed by atoms with van der Waals surface area (Å²) in [6, 6.07) is 8.69. The smallest absolute Gasteiger partial charge is 0.413 e. The minimum absolute atomic E-state index is 0.00900. The molecule has 1 aromatic rings. The first kappa shape index (κ1) is 23.9. The number of carbonyl (C=O) groups is 3. The van der Waals surface area contributed by atoms with E-state index in [9.17, 15) is 14.4 Å². The maximum absolute atomic E-state index is 11.8. The Kier molecular flexibility index (Phi) is 10.2. The molecule has 160 valence electrons. The minimum Gasteiger partial charge on any atom is -0.480 e. The number of nitrogens with one attached hydrogen (secondary N) is 2. The number of likely N-dealkylation sites (N-methyl/N-ethyl adjacent to an activating group) is 1. The van der Waals surface area contributed by atoms with Crippen LogP contribution in [0.25, 0.3) is 0 Å². The summed E-state index contributed by atoms with van der Waals surface area (Å²) < 4.78 is 10.2. The van der Waals surface area contributed by atoms with E-state index < -0.39 is 18.1 Å². The Labute approximate surface area is 170 Å². The molecule has 1 amide bonds. The molecule has 2 atom stereocenters. The Hall–Kier alpha value is -3.10. The zero-order valence-corrected chi connectivity index (χ0v) is 17.0. The van der Waals surface area contributed by atoms with Gasteiger partial charge in [-0.25, -0.2) is 9.59 Å². The molecule has 3 N–H and O–H groups in total. The standard InChI is InChI=1S/C20H29N3O6/c1-4-16(18(25)26)23(3)19(21)22-20(27)29-13-14(2)12-28-17(24)11-10-15-8-6-5-7-9-15/h5-9,14,16H,4,10-13H2,1-3H3,(H,25,26)(H2,21,22,27). The van der Waals surface area contributed by atoms with E-state index in [4.69, 9.17) is 20.0 Å². The van der Waals surface area contributed by atoms with Crippen molar-refractivity contribution in [3.8, 4) is 0 Å². The van der Waals surface area contributed by atoms with Crippen molar-refractivity contribution in [3.05, 3.63) is 35.9 Å². The molecule has 0 aromatic heterocycles. The van der Waals surface area contributed by atoms with Crippen LogP contribution in [0, 0.1) is 11.3 Å². The van der Waals surface area contributed by atoms with Gasteiger partial charge in [-0.15, -0.1) is 0 Å². The van der Waals surface area contributed by atoms with Gasteiger partial charge in [-0.3, -0.25) is 15.5 Å². The number of aryl methyl sites for hydroxylation is 1. The topological polar surface area (TPSA) is 129 Å². The fraction of sp³-hybridized carbons (Fsp3) is 0.500. The average molecular weight is 407 g/mol. The third-order valence-electron chi connectivity index (χ3n) is 4.20. The number of benzene rings is 1. The fourth-order valence-electron chi connectivity index (χ4n) is 2.46. The van der Waals surface area contributed by atoms with Gasteiger partial charge in [-0.2, -0.15) is 0 Å². The molecule has 0 aliphatic heterocycles. The quantitative estimate of drug-likeness (QED) is 0.308. The number of amides is 1. The number of hydrogen-bond acceptors (Lipinski definition) is 6. The van der Waals surface area contributed by atoms with Crippen LogP contribution in [0.5, 0.6) is 0 Å². The zero-order chi connectivity index (χ0) is 21.8. The van der Waals surface area contributed by atoms with E-state index in [0.717, 1.165) is 10.5 Å². The first-order chi connectivity index (χ1) is 13.7. The zero-order valence-electron chi connectivity index (χ0n) is 17.0. The molecule has 0 heterocycles. The molecule has 0 spiro atoms. The monoisotopic (exact) mass is 407 g/mol. The second-order valence-electron chi connectivity index (χ2n) is 6.72. The van der Waals surface area contributed by atoms with Crippen LogP contribution in [0.2, 0.25) is 0 Å². The van der Waals surface area contributed by atoms with E-state index in [1.807, 2.05) is 30.3 Å². The van der Waals surface area contributed by atoms with Gasteiger partial charge in [0, 0.05) is 19.4 Å². The third kappa shape index (κ3) is 9.09. The number of ether oxygens (including phenoxy) is 2. The number of esters is 1. The molecule has 9 nitrogen and oxygen atoms in total. The van der Waals surface area contributed by atoms with Gasteiger partial charge in [0.25, 0.3) is 0 Å². The molecule has 1 rings (SSSR count). The highest BCUT2D eigenvalue weighted by Crippen LogP contribution is 2.05. The normalized spacial score (nSPS) is 12.4. The van der Waals surface area contributed by atoms with Gasteiger partial charge in [0.1, 0.15) is 6.04 Å². The van der Waals surface area contributed by atoms with Crippen molar-refractivity contribution in [2.75, 3.05) is 20.3 Å². The van der Waals surface area contributed by atoms with Crippen molar-refractivity contribution in [2.45, 2.75) is 39.2 Å². The molecule has 0 aliphatic carbocycles. The van der Waals surface area contributed by atoms with E-state index >= 15 is 0 Å². The van der Waals surface area contributed by atoms with Crippen LogP contribution >= 0.6 is 0 Å². The number of hydrogen-bond donors (Lipinski definition) is 3. The summed E-state index contributed by atoms with van der Waals surface area (Å²) in [5, 5.41) is 19.0. The number of carbonyl (C=O) groups excluding carboxylic acids is 2. The molecule has 1 aromatic carbocycles. The van der Waals surface area contributed by atoms with Crippen molar-refractivity contribution < 1.29 is 29.0 Å². The van der Waals surface area contributed by atoms with Gasteiger partial charge < -0.3 is 19.5 Å². The van der Waals surface area contributed by atoms with Crippen LogP contribution in [0.4, 0.5) is 4.79 Å². The second kappa shape index (κ2) is 12.4. The molecule has 0 saturated heterocycles. The number of carboxylic acids is 1. The molecule has 2 unspecified atom stereocenters. The van der Waals surface area contributed by atoms with Crippen LogP contribution in [-0.4, -0.2) is 60.3 Å². The van der Waals surface area contributed by atoms with E-state index in [0.29, 0.717) is 6.42 Å². The molecule has 0 radical (unpaired) electrons. The highest BCUT2D eigenvalue weighted by atomic mass is 16.6. The number of nitrogens with zero attached hydrogens (tertiary/aromatic N) is 1. The van der Waals surface area contributed by atoms with E-state index in [2.05, 4.69) is 5.32 Å². The van der Waals surface area contributed by atoms with Gasteiger partial charge in [-0.1, -0.05) is 44.2 Å². The van der Waals surface area contributed by atoms with Crippen molar-refractivity contribution in [1.29, 1.82) is 5.41 Å². The molecule has 0 saturated carbocycles. The lowest BCUT2D eigenvalue weighted by atomic mass is 10.1. The highest BCUT2D eigenvalue weighted by molar-refractivity contribution is 5.94. The second-order valence-corrected chi connectivity index (χ2v) is 6.72. The van der Waals surface area contributed by atoms with Gasteiger partial charge in [-0.05, 0) is 18.4 Å². The predicted molar refractivity (Wildman–Crippen MR) is 107 cm³/mol. The lowest BCUT2D eigenvalue weighted by Gasteiger charge is -2.25. The summed E-state index contributed by atoms with van der Waals surface area (Å²) in [6.07, 6.45) is 0.267. The first-order valence-corrected chi connectivity index (χ1v) is 9.42. The van der Waals surface area contributed by atoms with Gasteiger partial charge in [0.2, 0.25) is 5.96 Å². The van der Waals surface area contributed by atoms with Crippen molar-refractivity contribution in [2.24, 2.45) is 5.92 Å². The van der Waals surface area contributed by atoms with Gasteiger partial charge in [0.05, 0.1) is 13.2 Å². The summed E-state index contributed by atoms with van der Waals surface area (Å²) in [4.78, 5) is 35.8. The molecular formula is C20H29N3O6. The maximum Gasteiger partial charge on any atom is 0.413 e. The lowest BCUT2D eigenvalue weighted by Crippen LogP contribution is -2.49. The predicted octanol–water partition coefficient (Wildman–Crippen LogP) is 2.25. The SMILES string of the molecule is CCC(C(=O)O)N(C)C(=N)NC(=O)OCC(C)COC(=O)CCc1ccccc1. The Morgan fingerprint density at radius 2 is 1.79 bits per heavy atom. The van der Waals surface area contributed by atoms with Crippen LogP contribution in [-0.2, 0) is 25.5 Å². The Morgan fingerprint density at radius 3 is 2.38 bits per heavy atom. The van der Waals surface area contributed by atoms with E-state index in [1.165, 1.54) is 7.05 Å². The molecule has 9 heteroatoms. The molecular weight excluding hydrogens is 378 g/mol. The van der Waals surface area contributed by atoms with Gasteiger partial charge in [0.15, 0.2) is 0 Å². The molecule has 29 heavy (non-hydrogen) atoms. The summed E-state index contributed by atoms with van der Waals surface area (Å²) in [7, 11) is 1.41. The summed E-state index contributed by atoms with van der Waals surface area (Å²) >= 11 is 0. The van der Waals surface area contributed by atoms with Crippen LogP contribution in [0.3, 0.4) is 0 Å². The van der Waals surface area contributed by atoms with Crippen molar-refractivity contribution in [3.63, 3.8) is 0 Å². The van der Waals surface area contributed by atoms with E-state index in [1.54, 1.807) is 13.8 Å². The Morgan fingerprint density at radius 1 is 1.17 bits per heavy atom. The maximum atomic E-state index is 11.8. The summed E-state index contributed by atoms with van der Waals surface area (Å²) in [5.74, 6) is -2.01. The van der Waals surface area contributed by atoms with Crippen LogP contribution in [0.1, 0.15) is 32.3 Å². The average Bonchev–Trinajstić information content (AvgIpc) is 2.70.